The highest BCUT2D eigenvalue weighted by molar-refractivity contribution is 5.92. The van der Waals surface area contributed by atoms with Gasteiger partial charge in [-0.2, -0.15) is 5.10 Å². The minimum Gasteiger partial charge on any atom is -0.384 e. The minimum absolute atomic E-state index is 0.0625. The van der Waals surface area contributed by atoms with Gasteiger partial charge >= 0.3 is 0 Å². The topological polar surface area (TPSA) is 56.6 Å². The van der Waals surface area contributed by atoms with Crippen molar-refractivity contribution in [3.05, 3.63) is 17.5 Å². The molecule has 2 atom stereocenters. The quantitative estimate of drug-likeness (QED) is 0.849. The summed E-state index contributed by atoms with van der Waals surface area (Å²) in [5.41, 5.74) is 1.51. The number of hydrogen-bond acceptors (Lipinski definition) is 4. The van der Waals surface area contributed by atoms with Crippen molar-refractivity contribution in [1.29, 1.82) is 0 Å². The van der Waals surface area contributed by atoms with Gasteiger partial charge in [0, 0.05) is 38.8 Å². The second-order valence-electron chi connectivity index (χ2n) is 6.76. The van der Waals surface area contributed by atoms with Crippen LogP contribution in [0.15, 0.2) is 6.07 Å². The molecule has 3 heterocycles. The molecule has 1 aromatic rings. The molecule has 128 valence electrons. The molecule has 6 nitrogen and oxygen atoms in total. The lowest BCUT2D eigenvalue weighted by Gasteiger charge is -2.50. The molecule has 0 bridgehead atoms. The Hall–Kier alpha value is -1.40. The molecule has 1 amide bonds. The highest BCUT2D eigenvalue weighted by Gasteiger charge is 2.47. The van der Waals surface area contributed by atoms with Gasteiger partial charge in [0.1, 0.15) is 5.69 Å². The Balaban J connectivity index is 1.82. The molecule has 0 aliphatic carbocycles. The maximum Gasteiger partial charge on any atom is 0.272 e. The van der Waals surface area contributed by atoms with E-state index in [-0.39, 0.29) is 17.4 Å². The largest absolute Gasteiger partial charge is 0.384 e. The fourth-order valence-corrected chi connectivity index (χ4v) is 4.08. The van der Waals surface area contributed by atoms with Crippen molar-refractivity contribution >= 4 is 5.91 Å². The van der Waals surface area contributed by atoms with Gasteiger partial charge in [0.05, 0.1) is 18.4 Å². The number of aryl methyl sites for hydroxylation is 2. The molecular formula is C17H27N3O3. The van der Waals surface area contributed by atoms with Gasteiger partial charge in [0.15, 0.2) is 0 Å². The fraction of sp³-hybridized carbons (Fsp3) is 0.765. The van der Waals surface area contributed by atoms with Crippen LogP contribution in [0, 0.1) is 12.3 Å². The van der Waals surface area contributed by atoms with Gasteiger partial charge in [-0.25, -0.2) is 0 Å². The average Bonchev–Trinajstić information content (AvgIpc) is 2.94. The lowest BCUT2D eigenvalue weighted by atomic mass is 9.73. The maximum absolute atomic E-state index is 13.0. The SMILES string of the molecule is CCn1nc(C)cc1C(=O)N1CCC2OCCCC2(COC)C1. The van der Waals surface area contributed by atoms with Crippen molar-refractivity contribution in [2.45, 2.75) is 45.8 Å². The molecule has 0 aromatic carbocycles. The van der Waals surface area contributed by atoms with E-state index in [4.69, 9.17) is 9.47 Å². The fourth-order valence-electron chi connectivity index (χ4n) is 4.08. The second-order valence-corrected chi connectivity index (χ2v) is 6.76. The van der Waals surface area contributed by atoms with Gasteiger partial charge in [-0.1, -0.05) is 0 Å². The Morgan fingerprint density at radius 3 is 3.13 bits per heavy atom. The predicted molar refractivity (Wildman–Crippen MR) is 86.4 cm³/mol. The third-order valence-corrected chi connectivity index (χ3v) is 5.13. The van der Waals surface area contributed by atoms with Crippen molar-refractivity contribution in [3.63, 3.8) is 0 Å². The van der Waals surface area contributed by atoms with Crippen molar-refractivity contribution < 1.29 is 14.3 Å². The summed E-state index contributed by atoms with van der Waals surface area (Å²) in [6.07, 6.45) is 3.18. The zero-order valence-corrected chi connectivity index (χ0v) is 14.4. The summed E-state index contributed by atoms with van der Waals surface area (Å²) in [6.45, 7) is 7.56. The third-order valence-electron chi connectivity index (χ3n) is 5.13. The number of carbonyl (C=O) groups is 1. The Labute approximate surface area is 137 Å². The molecule has 3 rings (SSSR count). The highest BCUT2D eigenvalue weighted by Crippen LogP contribution is 2.40. The Morgan fingerprint density at radius 2 is 2.39 bits per heavy atom. The molecule has 2 saturated heterocycles. The second kappa shape index (κ2) is 6.61. The number of nitrogens with zero attached hydrogens (tertiary/aromatic N) is 3. The smallest absolute Gasteiger partial charge is 0.272 e. The number of carbonyl (C=O) groups excluding carboxylic acids is 1. The predicted octanol–water partition coefficient (Wildman–Crippen LogP) is 1.87. The molecule has 2 fully saturated rings. The van der Waals surface area contributed by atoms with E-state index in [2.05, 4.69) is 5.10 Å². The van der Waals surface area contributed by atoms with E-state index in [1.54, 1.807) is 11.8 Å². The number of aromatic nitrogens is 2. The minimum atomic E-state index is -0.0625. The number of hydrogen-bond donors (Lipinski definition) is 0. The zero-order valence-electron chi connectivity index (χ0n) is 14.4. The van der Waals surface area contributed by atoms with Crippen LogP contribution in [0.5, 0.6) is 0 Å². The first kappa shape index (κ1) is 16.5. The number of fused-ring (bicyclic) bond motifs is 1. The van der Waals surface area contributed by atoms with Gasteiger partial charge in [-0.05, 0) is 39.2 Å². The summed E-state index contributed by atoms with van der Waals surface area (Å²) in [4.78, 5) is 15.0. The molecule has 2 unspecified atom stereocenters. The molecular weight excluding hydrogens is 294 g/mol. The Kier molecular flexibility index (Phi) is 4.73. The van der Waals surface area contributed by atoms with Crippen LogP contribution in [0.2, 0.25) is 0 Å². The molecule has 23 heavy (non-hydrogen) atoms. The standard InChI is InChI=1S/C17H27N3O3/c1-4-20-14(10-13(2)18-20)16(21)19-8-6-15-17(11-19,12-22-3)7-5-9-23-15/h10,15H,4-9,11-12H2,1-3H3. The van der Waals surface area contributed by atoms with Crippen LogP contribution in [0.1, 0.15) is 42.4 Å². The van der Waals surface area contributed by atoms with E-state index in [1.165, 1.54) is 0 Å². The average molecular weight is 321 g/mol. The molecule has 0 saturated carbocycles. The summed E-state index contributed by atoms with van der Waals surface area (Å²) in [5.74, 6) is 0.0759. The first-order valence-electron chi connectivity index (χ1n) is 8.54. The molecule has 0 spiro atoms. The van der Waals surface area contributed by atoms with Crippen LogP contribution in [0.4, 0.5) is 0 Å². The van der Waals surface area contributed by atoms with Crippen molar-refractivity contribution in [2.24, 2.45) is 5.41 Å². The summed E-state index contributed by atoms with van der Waals surface area (Å²) < 4.78 is 13.3. The van der Waals surface area contributed by atoms with Crippen molar-refractivity contribution in [3.8, 4) is 0 Å². The van der Waals surface area contributed by atoms with Crippen LogP contribution in [-0.4, -0.2) is 60.1 Å². The van der Waals surface area contributed by atoms with Crippen LogP contribution in [-0.2, 0) is 16.0 Å². The molecule has 6 heteroatoms. The van der Waals surface area contributed by atoms with Gasteiger partial charge in [-0.15, -0.1) is 0 Å². The number of ether oxygens (including phenoxy) is 2. The lowest BCUT2D eigenvalue weighted by Crippen LogP contribution is -2.58. The number of likely N-dealkylation sites (tertiary alicyclic amines) is 1. The van der Waals surface area contributed by atoms with Crippen LogP contribution < -0.4 is 0 Å². The van der Waals surface area contributed by atoms with E-state index in [1.807, 2.05) is 24.8 Å². The van der Waals surface area contributed by atoms with Gasteiger partial charge in [0.25, 0.3) is 5.91 Å². The number of amides is 1. The third kappa shape index (κ3) is 3.02. The van der Waals surface area contributed by atoms with Crippen molar-refractivity contribution in [2.75, 3.05) is 33.4 Å². The van der Waals surface area contributed by atoms with Crippen molar-refractivity contribution in [1.82, 2.24) is 14.7 Å². The highest BCUT2D eigenvalue weighted by atomic mass is 16.5. The molecule has 1 aromatic heterocycles. The van der Waals surface area contributed by atoms with E-state index in [0.29, 0.717) is 25.4 Å². The first-order valence-corrected chi connectivity index (χ1v) is 8.54. The van der Waals surface area contributed by atoms with E-state index in [0.717, 1.165) is 38.1 Å². The van der Waals surface area contributed by atoms with Crippen LogP contribution in [0.25, 0.3) is 0 Å². The van der Waals surface area contributed by atoms with Gasteiger partial charge < -0.3 is 14.4 Å². The molecule has 2 aliphatic heterocycles. The summed E-state index contributed by atoms with van der Waals surface area (Å²) >= 11 is 0. The summed E-state index contributed by atoms with van der Waals surface area (Å²) in [5, 5.41) is 4.40. The van der Waals surface area contributed by atoms with E-state index < -0.39 is 0 Å². The molecule has 0 N–H and O–H groups in total. The van der Waals surface area contributed by atoms with E-state index in [9.17, 15) is 4.79 Å². The monoisotopic (exact) mass is 321 g/mol. The van der Waals surface area contributed by atoms with Crippen LogP contribution >= 0.6 is 0 Å². The maximum atomic E-state index is 13.0. The number of rotatable bonds is 4. The van der Waals surface area contributed by atoms with E-state index >= 15 is 0 Å². The number of piperidine rings is 1. The first-order chi connectivity index (χ1) is 11.1. The van der Waals surface area contributed by atoms with Gasteiger partial charge in [0.2, 0.25) is 0 Å². The zero-order chi connectivity index (χ0) is 16.4. The normalized spacial score (nSPS) is 27.8. The molecule has 0 radical (unpaired) electrons. The van der Waals surface area contributed by atoms with Gasteiger partial charge in [-0.3, -0.25) is 9.48 Å². The Morgan fingerprint density at radius 1 is 1.57 bits per heavy atom. The van der Waals surface area contributed by atoms with Crippen LogP contribution in [0.3, 0.4) is 0 Å². The summed E-state index contributed by atoms with van der Waals surface area (Å²) in [6, 6.07) is 1.89. The Bertz CT molecular complexity index is 567. The molecule has 2 aliphatic rings. The lowest BCUT2D eigenvalue weighted by molar-refractivity contribution is -0.142. The number of methoxy groups -OCH3 is 1. The summed E-state index contributed by atoms with van der Waals surface area (Å²) in [7, 11) is 1.73.